The lowest BCUT2D eigenvalue weighted by Gasteiger charge is -2.14. The number of fused-ring (bicyclic) bond motifs is 1. The van der Waals surface area contributed by atoms with E-state index in [1.807, 2.05) is 25.1 Å². The van der Waals surface area contributed by atoms with Gasteiger partial charge < -0.3 is 4.74 Å². The molecule has 0 aliphatic carbocycles. The van der Waals surface area contributed by atoms with Gasteiger partial charge in [-0.05, 0) is 19.1 Å². The van der Waals surface area contributed by atoms with Crippen molar-refractivity contribution in [3.63, 3.8) is 0 Å². The minimum Gasteiger partial charge on any atom is -0.466 e. The zero-order valence-corrected chi connectivity index (χ0v) is 14.5. The van der Waals surface area contributed by atoms with E-state index < -0.39 is 0 Å². The average molecular weight is 340 g/mol. The number of ether oxygens (including phenoxy) is 1. The second-order valence-corrected chi connectivity index (χ2v) is 5.64. The average Bonchev–Trinajstić information content (AvgIpc) is 2.95. The molecule has 130 valence electrons. The molecule has 0 amide bonds. The van der Waals surface area contributed by atoms with E-state index in [4.69, 9.17) is 4.74 Å². The number of rotatable bonds is 5. The van der Waals surface area contributed by atoms with Crippen LogP contribution in [0.4, 0.5) is 0 Å². The van der Waals surface area contributed by atoms with Crippen LogP contribution >= 0.6 is 0 Å². The topological polar surface area (TPSA) is 79.0 Å². The van der Waals surface area contributed by atoms with Crippen LogP contribution in [-0.2, 0) is 29.4 Å². The molecule has 3 aromatic rings. The highest BCUT2D eigenvalue weighted by Crippen LogP contribution is 2.17. The van der Waals surface area contributed by atoms with Crippen LogP contribution < -0.4 is 5.56 Å². The zero-order chi connectivity index (χ0) is 18.0. The molecule has 0 unspecified atom stereocenters. The number of benzene rings is 1. The van der Waals surface area contributed by atoms with Gasteiger partial charge in [0.2, 0.25) is 0 Å². The molecular formula is C18H20N4O3. The number of carbonyl (C=O) groups excluding carboxylic acids is 1. The number of esters is 1. The summed E-state index contributed by atoms with van der Waals surface area (Å²) in [6.45, 7) is 4.01. The molecule has 0 saturated carbocycles. The van der Waals surface area contributed by atoms with E-state index in [0.717, 1.165) is 0 Å². The first kappa shape index (κ1) is 16.9. The smallest absolute Gasteiger partial charge is 0.310 e. The Morgan fingerprint density at radius 1 is 1.24 bits per heavy atom. The van der Waals surface area contributed by atoms with Crippen LogP contribution in [0.25, 0.3) is 16.7 Å². The molecule has 0 N–H and O–H groups in total. The number of aromatic nitrogens is 4. The first-order valence-corrected chi connectivity index (χ1v) is 8.24. The van der Waals surface area contributed by atoms with Gasteiger partial charge in [0, 0.05) is 19.0 Å². The maximum absolute atomic E-state index is 13.1. The standard InChI is InChI=1S/C18H20N4O3/c1-4-15-20-14-9-7-6-8-13(14)18(24)22(15)17-12(11-19-21(17)3)10-16(23)25-5-2/h6-9,11H,4-5,10H2,1-3H3. The summed E-state index contributed by atoms with van der Waals surface area (Å²) in [5.41, 5.74) is 1.13. The highest BCUT2D eigenvalue weighted by Gasteiger charge is 2.20. The Hall–Kier alpha value is -2.96. The molecule has 0 radical (unpaired) electrons. The Morgan fingerprint density at radius 2 is 2.00 bits per heavy atom. The first-order valence-electron chi connectivity index (χ1n) is 8.24. The molecule has 0 aliphatic rings. The van der Waals surface area contributed by atoms with Crippen molar-refractivity contribution in [3.8, 4) is 5.82 Å². The lowest BCUT2D eigenvalue weighted by Crippen LogP contribution is -2.27. The van der Waals surface area contributed by atoms with Crippen molar-refractivity contribution in [1.82, 2.24) is 19.3 Å². The van der Waals surface area contributed by atoms with Crippen LogP contribution in [-0.4, -0.2) is 31.9 Å². The summed E-state index contributed by atoms with van der Waals surface area (Å²) in [4.78, 5) is 29.6. The molecule has 7 heteroatoms. The monoisotopic (exact) mass is 340 g/mol. The number of carbonyl (C=O) groups is 1. The summed E-state index contributed by atoms with van der Waals surface area (Å²) in [6, 6.07) is 7.24. The Kier molecular flexibility index (Phi) is 4.65. The summed E-state index contributed by atoms with van der Waals surface area (Å²) >= 11 is 0. The van der Waals surface area contributed by atoms with Crippen LogP contribution in [0.15, 0.2) is 35.3 Å². The van der Waals surface area contributed by atoms with E-state index in [2.05, 4.69) is 10.1 Å². The largest absolute Gasteiger partial charge is 0.466 e. The van der Waals surface area contributed by atoms with E-state index in [0.29, 0.717) is 41.1 Å². The van der Waals surface area contributed by atoms with Crippen molar-refractivity contribution in [1.29, 1.82) is 0 Å². The molecule has 7 nitrogen and oxygen atoms in total. The minimum atomic E-state index is -0.350. The molecular weight excluding hydrogens is 320 g/mol. The molecule has 25 heavy (non-hydrogen) atoms. The summed E-state index contributed by atoms with van der Waals surface area (Å²) in [6.07, 6.45) is 2.22. The van der Waals surface area contributed by atoms with Gasteiger partial charge in [0.15, 0.2) is 0 Å². The summed E-state index contributed by atoms with van der Waals surface area (Å²) in [5.74, 6) is 0.821. The van der Waals surface area contributed by atoms with Gasteiger partial charge in [-0.1, -0.05) is 19.1 Å². The molecule has 2 aromatic heterocycles. The molecule has 0 spiro atoms. The van der Waals surface area contributed by atoms with Gasteiger partial charge >= 0.3 is 5.97 Å². The Morgan fingerprint density at radius 3 is 2.72 bits per heavy atom. The predicted octanol–water partition coefficient (Wildman–Crippen LogP) is 1.79. The Labute approximate surface area is 144 Å². The minimum absolute atomic E-state index is 0.0550. The molecule has 0 bridgehead atoms. The third-order valence-corrected chi connectivity index (χ3v) is 3.99. The molecule has 0 aliphatic heterocycles. The molecule has 0 atom stereocenters. The Bertz CT molecular complexity index is 988. The fraction of sp³-hybridized carbons (Fsp3) is 0.333. The fourth-order valence-corrected chi connectivity index (χ4v) is 2.89. The van der Waals surface area contributed by atoms with Gasteiger partial charge in [0.05, 0.1) is 30.1 Å². The van der Waals surface area contributed by atoms with Gasteiger partial charge in [-0.3, -0.25) is 14.3 Å². The Balaban J connectivity index is 2.23. The normalized spacial score (nSPS) is 11.0. The lowest BCUT2D eigenvalue weighted by atomic mass is 10.2. The lowest BCUT2D eigenvalue weighted by molar-refractivity contribution is -0.142. The van der Waals surface area contributed by atoms with Crippen molar-refractivity contribution in [2.75, 3.05) is 6.61 Å². The van der Waals surface area contributed by atoms with Crippen LogP contribution in [0, 0.1) is 0 Å². The van der Waals surface area contributed by atoms with Crippen molar-refractivity contribution in [3.05, 3.63) is 52.2 Å². The van der Waals surface area contributed by atoms with E-state index in [9.17, 15) is 9.59 Å². The molecule has 1 aromatic carbocycles. The highest BCUT2D eigenvalue weighted by atomic mass is 16.5. The summed E-state index contributed by atoms with van der Waals surface area (Å²) in [7, 11) is 1.74. The second kappa shape index (κ2) is 6.88. The van der Waals surface area contributed by atoms with Gasteiger partial charge in [-0.25, -0.2) is 9.55 Å². The van der Waals surface area contributed by atoms with Crippen molar-refractivity contribution >= 4 is 16.9 Å². The van der Waals surface area contributed by atoms with Gasteiger partial charge in [-0.2, -0.15) is 5.10 Å². The van der Waals surface area contributed by atoms with Crippen molar-refractivity contribution in [2.24, 2.45) is 7.05 Å². The van der Waals surface area contributed by atoms with E-state index in [-0.39, 0.29) is 17.9 Å². The number of nitrogens with zero attached hydrogens (tertiary/aromatic N) is 4. The fourth-order valence-electron chi connectivity index (χ4n) is 2.89. The zero-order valence-electron chi connectivity index (χ0n) is 14.5. The third kappa shape index (κ3) is 3.05. The molecule has 2 heterocycles. The van der Waals surface area contributed by atoms with Crippen LogP contribution in [0.3, 0.4) is 0 Å². The molecule has 0 fully saturated rings. The maximum Gasteiger partial charge on any atom is 0.310 e. The third-order valence-electron chi connectivity index (χ3n) is 3.99. The second-order valence-electron chi connectivity index (χ2n) is 5.64. The van der Waals surface area contributed by atoms with Gasteiger partial charge in [0.25, 0.3) is 5.56 Å². The quantitative estimate of drug-likeness (QED) is 0.662. The first-order chi connectivity index (χ1) is 12.1. The van der Waals surface area contributed by atoms with Gasteiger partial charge in [0.1, 0.15) is 11.6 Å². The number of para-hydroxylation sites is 1. The maximum atomic E-state index is 13.1. The van der Waals surface area contributed by atoms with E-state index in [1.54, 1.807) is 35.5 Å². The molecule has 0 saturated heterocycles. The number of hydrogen-bond acceptors (Lipinski definition) is 5. The summed E-state index contributed by atoms with van der Waals surface area (Å²) < 4.78 is 8.16. The number of hydrogen-bond donors (Lipinski definition) is 0. The highest BCUT2D eigenvalue weighted by molar-refractivity contribution is 5.78. The van der Waals surface area contributed by atoms with Crippen molar-refractivity contribution in [2.45, 2.75) is 26.7 Å². The SMILES string of the molecule is CCOC(=O)Cc1cnn(C)c1-n1c(CC)nc2ccccc2c1=O. The van der Waals surface area contributed by atoms with Crippen molar-refractivity contribution < 1.29 is 9.53 Å². The summed E-state index contributed by atoms with van der Waals surface area (Å²) in [5, 5.41) is 4.75. The van der Waals surface area contributed by atoms with E-state index in [1.165, 1.54) is 0 Å². The van der Waals surface area contributed by atoms with Crippen LogP contribution in [0.1, 0.15) is 25.2 Å². The molecule has 3 rings (SSSR count). The van der Waals surface area contributed by atoms with Gasteiger partial charge in [-0.15, -0.1) is 0 Å². The van der Waals surface area contributed by atoms with E-state index >= 15 is 0 Å². The number of aryl methyl sites for hydroxylation is 2. The van der Waals surface area contributed by atoms with Crippen LogP contribution in [0.5, 0.6) is 0 Å². The predicted molar refractivity (Wildman–Crippen MR) is 93.8 cm³/mol. The van der Waals surface area contributed by atoms with Crippen LogP contribution in [0.2, 0.25) is 0 Å².